The van der Waals surface area contributed by atoms with Crippen molar-refractivity contribution in [3.8, 4) is 0 Å². The Balaban J connectivity index is -0.000000230. The molecule has 0 fully saturated rings. The maximum absolute atomic E-state index is 11.8. The number of ether oxygens (including phenoxy) is 18. The van der Waals surface area contributed by atoms with E-state index in [1.807, 2.05) is 41.5 Å². The maximum Gasteiger partial charge on any atom is 0.349 e. The second kappa shape index (κ2) is 63.0. The van der Waals surface area contributed by atoms with Crippen LogP contribution in [0.3, 0.4) is 0 Å². The minimum atomic E-state index is -1.14. The molecule has 0 bridgehead atoms. The molecule has 0 aliphatic heterocycles. The number of esters is 10. The number of ketones is 5. The molecule has 0 saturated heterocycles. The van der Waals surface area contributed by atoms with Gasteiger partial charge in [-0.3, -0.25) is 33.6 Å². The molecule has 5 unspecified atom stereocenters. The molecule has 0 amide bonds. The molecule has 0 saturated carbocycles. The molecule has 0 aliphatic rings. The molecule has 656 valence electrons. The van der Waals surface area contributed by atoms with E-state index in [4.69, 9.17) is 76.9 Å². The summed E-state index contributed by atoms with van der Waals surface area (Å²) in [6.07, 6.45) is -4.47. The van der Waals surface area contributed by atoms with Gasteiger partial charge in [-0.1, -0.05) is 104 Å². The summed E-state index contributed by atoms with van der Waals surface area (Å²) in [5.41, 5.74) is -3.70. The van der Waals surface area contributed by atoms with Gasteiger partial charge in [0.25, 0.3) is 0 Å². The van der Waals surface area contributed by atoms with Crippen molar-refractivity contribution in [3.05, 3.63) is 0 Å². The highest BCUT2D eigenvalue weighted by Crippen LogP contribution is 2.22. The average Bonchev–Trinajstić information content (AvgIpc) is 0.865. The minimum absolute atomic E-state index is 0.0148. The van der Waals surface area contributed by atoms with Crippen LogP contribution in [0.25, 0.3) is 0 Å². The average molecular weight is 1630 g/mol. The quantitative estimate of drug-likeness (QED) is 0.0300. The third kappa shape index (κ3) is 71.6. The number of hydrogen-bond acceptors (Lipinski definition) is 36. The zero-order valence-corrected chi connectivity index (χ0v) is 72.1. The van der Waals surface area contributed by atoms with Gasteiger partial charge >= 0.3 is 59.7 Å². The fraction of sp³-hybridized carbons (Fsp3) is 0.803. The standard InChI is InChI=1S/C13H22O6.2C11H18O6.C11H20O5.C11H22O4.C10H20O4.C9H16O5/c1-6-17-7-10(14)18-8-11(15)19-9(2)12(16)13(3,4)5;1-7(17-9(14)5-12)10(15)16-6-8(13)11(2,3)4;1-7(10(15)11(2,3)4)17-9(14)6-16-8(13)5-12;1-7(9(12)16-8(2)14-6)15-10(13)11(3,4)5;1-11(2,3)10(12)9-15-8-7-14-6-5-13-4;1-10(2,3)9(12)8-14-7-6-13-5-4-11;1-9(2,3)8(11)13-5-7(10)14-6-12-4/h9H,6-8H2,1-5H3;2*7,12H,5-6H2,1-4H3;7-8H,1-6H3;5-9H2,1-4H3;11H,4-8H2,1-3H3;5-6H2,1-4H3. The lowest BCUT2D eigenvalue weighted by molar-refractivity contribution is -0.187. The number of aliphatic hydroxyl groups is 3. The first kappa shape index (κ1) is 118. The Labute approximate surface area is 661 Å². The third-order valence-electron chi connectivity index (χ3n) is 12.7. The number of hydrogen-bond donors (Lipinski definition) is 3. The van der Waals surface area contributed by atoms with Gasteiger partial charge in [0, 0.05) is 55.0 Å². The first-order valence-corrected chi connectivity index (χ1v) is 35.8. The van der Waals surface area contributed by atoms with Crippen molar-refractivity contribution in [1.82, 2.24) is 0 Å². The van der Waals surface area contributed by atoms with Crippen LogP contribution in [0.5, 0.6) is 0 Å². The van der Waals surface area contributed by atoms with E-state index in [2.05, 4.69) is 23.7 Å². The van der Waals surface area contributed by atoms with Crippen LogP contribution >= 0.6 is 0 Å². The van der Waals surface area contributed by atoms with Crippen LogP contribution in [0.1, 0.15) is 187 Å². The highest BCUT2D eigenvalue weighted by atomic mass is 16.7. The lowest BCUT2D eigenvalue weighted by Gasteiger charge is -2.21. The predicted molar refractivity (Wildman–Crippen MR) is 401 cm³/mol. The van der Waals surface area contributed by atoms with E-state index >= 15 is 0 Å². The third-order valence-corrected chi connectivity index (χ3v) is 12.7. The Kier molecular flexibility index (Phi) is 66.3. The lowest BCUT2D eigenvalue weighted by Crippen LogP contribution is -2.35. The number of carbonyl (C=O) groups is 15. The van der Waals surface area contributed by atoms with Gasteiger partial charge in [0.05, 0.1) is 63.7 Å². The molecule has 0 aromatic heterocycles. The van der Waals surface area contributed by atoms with E-state index in [9.17, 15) is 71.9 Å². The molecule has 0 aromatic carbocycles. The Morgan fingerprint density at radius 3 is 1.01 bits per heavy atom. The smallest absolute Gasteiger partial charge is 0.349 e. The van der Waals surface area contributed by atoms with Crippen molar-refractivity contribution in [1.29, 1.82) is 0 Å². The summed E-state index contributed by atoms with van der Waals surface area (Å²) in [6, 6.07) is 0. The molecule has 0 heterocycles. The van der Waals surface area contributed by atoms with Crippen molar-refractivity contribution in [2.24, 2.45) is 37.9 Å². The van der Waals surface area contributed by atoms with Gasteiger partial charge in [-0.15, -0.1) is 0 Å². The monoisotopic (exact) mass is 1620 g/mol. The van der Waals surface area contributed by atoms with Crippen LogP contribution < -0.4 is 0 Å². The number of Topliss-reactive ketones (excluding diaryl/α,β-unsaturated/α-hetero) is 5. The highest BCUT2D eigenvalue weighted by molar-refractivity contribution is 5.91. The van der Waals surface area contributed by atoms with Crippen molar-refractivity contribution in [2.75, 3.05) is 147 Å². The van der Waals surface area contributed by atoms with Gasteiger partial charge in [0.1, 0.15) is 33.0 Å². The number of carbonyl (C=O) groups excluding carboxylic acids is 15. The van der Waals surface area contributed by atoms with E-state index in [-0.39, 0.29) is 86.2 Å². The van der Waals surface area contributed by atoms with Gasteiger partial charge in [-0.25, -0.2) is 38.4 Å². The van der Waals surface area contributed by atoms with Crippen molar-refractivity contribution in [3.63, 3.8) is 0 Å². The molecular formula is C76H136O36. The van der Waals surface area contributed by atoms with Crippen LogP contribution in [0.15, 0.2) is 0 Å². The number of aliphatic hydroxyl groups excluding tert-OH is 3. The van der Waals surface area contributed by atoms with E-state index in [1.54, 1.807) is 125 Å². The van der Waals surface area contributed by atoms with E-state index in [0.717, 1.165) is 0 Å². The highest BCUT2D eigenvalue weighted by Gasteiger charge is 2.33. The Morgan fingerprint density at radius 1 is 0.295 bits per heavy atom. The summed E-state index contributed by atoms with van der Waals surface area (Å²) in [7, 11) is 4.44. The Hall–Kier alpha value is -7.39. The molecule has 3 N–H and O–H groups in total. The van der Waals surface area contributed by atoms with Crippen molar-refractivity contribution < 1.29 is 173 Å². The fourth-order valence-corrected chi connectivity index (χ4v) is 5.70. The van der Waals surface area contributed by atoms with Crippen molar-refractivity contribution in [2.45, 2.75) is 218 Å². The summed E-state index contributed by atoms with van der Waals surface area (Å²) in [4.78, 5) is 169. The summed E-state index contributed by atoms with van der Waals surface area (Å²) in [5, 5.41) is 25.2. The fourth-order valence-electron chi connectivity index (χ4n) is 5.70. The Bertz CT molecular complexity index is 2740. The van der Waals surface area contributed by atoms with Gasteiger partial charge in [0.15, 0.2) is 92.8 Å². The zero-order valence-electron chi connectivity index (χ0n) is 72.1. The van der Waals surface area contributed by atoms with Gasteiger partial charge in [-0.05, 0) is 83.1 Å². The number of methoxy groups -OCH3 is 3. The van der Waals surface area contributed by atoms with E-state index in [0.29, 0.717) is 52.9 Å². The van der Waals surface area contributed by atoms with Crippen molar-refractivity contribution >= 4 is 88.6 Å². The molecule has 0 aliphatic carbocycles. The van der Waals surface area contributed by atoms with Gasteiger partial charge in [-0.2, -0.15) is 0 Å². The second-order valence-corrected chi connectivity index (χ2v) is 30.9. The van der Waals surface area contributed by atoms with Crippen LogP contribution in [0, 0.1) is 37.9 Å². The molecule has 0 spiro atoms. The maximum atomic E-state index is 11.8. The molecule has 0 radical (unpaired) electrons. The summed E-state index contributed by atoms with van der Waals surface area (Å²) in [6.45, 7) is 46.1. The topological polar surface area (TPSA) is 483 Å². The SMILES string of the molecule is CC(C)(C)C(=O)COCCOCCO.CC(OC(=O)CO)C(=O)OCC(=O)C(C)(C)C.CC(OC(=O)COC(=O)CO)C(=O)C(C)(C)C.CCOCC(=O)OCC(=O)OC(C)C(=O)C(C)(C)C.COC(C)OC(=O)C(C)OC(=O)C(C)(C)C.COCCOCCOCC(=O)C(C)(C)C.COCOC(=O)COC(=O)C(C)(C)C. The molecule has 112 heavy (non-hydrogen) atoms. The molecular weight excluding hydrogens is 1490 g/mol. The summed E-state index contributed by atoms with van der Waals surface area (Å²) >= 11 is 0. The molecule has 5 atom stereocenters. The largest absolute Gasteiger partial charge is 0.455 e. The predicted octanol–water partition coefficient (Wildman–Crippen LogP) is 5.38. The molecule has 36 nitrogen and oxygen atoms in total. The van der Waals surface area contributed by atoms with Gasteiger partial charge < -0.3 is 101 Å². The van der Waals surface area contributed by atoms with Crippen LogP contribution in [0.4, 0.5) is 0 Å². The normalized spacial score (nSPS) is 12.6. The minimum Gasteiger partial charge on any atom is -0.455 e. The van der Waals surface area contributed by atoms with Crippen LogP contribution in [0.2, 0.25) is 0 Å². The molecule has 36 heteroatoms. The zero-order chi connectivity index (χ0) is 89.2. The van der Waals surface area contributed by atoms with E-state index in [1.165, 1.54) is 41.9 Å². The first-order chi connectivity index (χ1) is 51.1. The summed E-state index contributed by atoms with van der Waals surface area (Å²) in [5.74, 6) is -7.45. The lowest BCUT2D eigenvalue weighted by atomic mass is 9.88. The summed E-state index contributed by atoms with van der Waals surface area (Å²) < 4.78 is 86.2. The molecule has 0 aromatic rings. The number of rotatable bonds is 40. The van der Waals surface area contributed by atoms with Crippen LogP contribution in [-0.2, 0) is 157 Å². The Morgan fingerprint density at radius 2 is 0.652 bits per heavy atom. The van der Waals surface area contributed by atoms with Crippen LogP contribution in [-0.4, -0.2) is 282 Å². The first-order valence-electron chi connectivity index (χ1n) is 35.8. The van der Waals surface area contributed by atoms with Gasteiger partial charge in [0.2, 0.25) is 0 Å². The second-order valence-electron chi connectivity index (χ2n) is 30.9. The van der Waals surface area contributed by atoms with E-state index < -0.39 is 144 Å². The molecule has 0 rings (SSSR count).